The number of ether oxygens (including phenoxy) is 2. The lowest BCUT2D eigenvalue weighted by Gasteiger charge is -2.08. The summed E-state index contributed by atoms with van der Waals surface area (Å²) < 4.78 is 10.4. The van der Waals surface area contributed by atoms with E-state index in [1.807, 2.05) is 0 Å². The number of allylic oxidation sites excluding steroid dienone is 5. The van der Waals surface area contributed by atoms with Crippen LogP contribution in [0.5, 0.6) is 5.75 Å². The third-order valence-corrected chi connectivity index (χ3v) is 3.15. The molecule has 0 fully saturated rings. The fourth-order valence-electron chi connectivity index (χ4n) is 1.82. The van der Waals surface area contributed by atoms with Crippen molar-refractivity contribution < 1.29 is 14.3 Å². The number of fused-ring (bicyclic) bond motifs is 1. The van der Waals surface area contributed by atoms with E-state index in [0.29, 0.717) is 28.3 Å². The molecule has 0 aromatic heterocycles. The van der Waals surface area contributed by atoms with Crippen molar-refractivity contribution >= 4 is 28.4 Å². The highest BCUT2D eigenvalue weighted by molar-refractivity contribution is 6.70. The number of hydrogen-bond donors (Lipinski definition) is 0. The van der Waals surface area contributed by atoms with Gasteiger partial charge in [0, 0.05) is 5.57 Å². The number of hydrogen-bond acceptors (Lipinski definition) is 4. The van der Waals surface area contributed by atoms with Gasteiger partial charge in [-0.25, -0.2) is 9.79 Å². The van der Waals surface area contributed by atoms with E-state index in [4.69, 9.17) is 16.3 Å². The first-order valence-electron chi connectivity index (χ1n) is 6.21. The predicted octanol–water partition coefficient (Wildman–Crippen LogP) is 4.15. The molecular weight excluding hydrogens is 290 g/mol. The number of methoxy groups -OCH3 is 1. The predicted molar refractivity (Wildman–Crippen MR) is 83.4 cm³/mol. The number of carbonyl (C=O) groups excluding carboxylic acids is 1. The molecule has 1 heterocycles. The molecule has 0 radical (unpaired) electrons. The minimum absolute atomic E-state index is 0.284. The fourth-order valence-corrected chi connectivity index (χ4v) is 2.10. The molecule has 1 aliphatic heterocycles. The zero-order valence-electron chi connectivity index (χ0n) is 11.7. The smallest absolute Gasteiger partial charge is 0.337 e. The number of carbonyl (C=O) groups is 1. The average molecular weight is 304 g/mol. The minimum atomic E-state index is -0.440. The third kappa shape index (κ3) is 3.23. The minimum Gasteiger partial charge on any atom is -0.465 e. The van der Waals surface area contributed by atoms with Crippen LogP contribution < -0.4 is 4.74 Å². The lowest BCUT2D eigenvalue weighted by atomic mass is 10.2. The van der Waals surface area contributed by atoms with Gasteiger partial charge < -0.3 is 9.47 Å². The Hall–Kier alpha value is -2.33. The van der Waals surface area contributed by atoms with Gasteiger partial charge in [0.05, 0.1) is 12.7 Å². The highest BCUT2D eigenvalue weighted by Gasteiger charge is 2.17. The molecule has 1 aliphatic rings. The van der Waals surface area contributed by atoms with Gasteiger partial charge in [-0.2, -0.15) is 0 Å². The maximum absolute atomic E-state index is 11.6. The Morgan fingerprint density at radius 2 is 2.24 bits per heavy atom. The molecule has 5 heteroatoms. The summed E-state index contributed by atoms with van der Waals surface area (Å²) in [7, 11) is 1.32. The lowest BCUT2D eigenvalue weighted by Crippen LogP contribution is -2.01. The van der Waals surface area contributed by atoms with Crippen LogP contribution in [0.1, 0.15) is 17.3 Å². The Bertz CT molecular complexity index is 687. The van der Waals surface area contributed by atoms with E-state index in [9.17, 15) is 4.79 Å². The molecule has 0 atom stereocenters. The van der Waals surface area contributed by atoms with Crippen molar-refractivity contribution in [1.82, 2.24) is 0 Å². The largest absolute Gasteiger partial charge is 0.465 e. The van der Waals surface area contributed by atoms with E-state index in [1.54, 1.807) is 43.4 Å². The van der Waals surface area contributed by atoms with E-state index in [-0.39, 0.29) is 5.17 Å². The van der Waals surface area contributed by atoms with Crippen LogP contribution >= 0.6 is 11.6 Å². The SMILES string of the molecule is C=C/C=C\C1=C(C)Oc2ccc(C(=O)OC)cc2N=C1Cl. The first kappa shape index (κ1) is 15.1. The van der Waals surface area contributed by atoms with Gasteiger partial charge in [0.15, 0.2) is 5.75 Å². The van der Waals surface area contributed by atoms with Gasteiger partial charge in [-0.15, -0.1) is 0 Å². The second kappa shape index (κ2) is 6.41. The van der Waals surface area contributed by atoms with Gasteiger partial charge in [-0.05, 0) is 31.2 Å². The van der Waals surface area contributed by atoms with Crippen molar-refractivity contribution in [2.75, 3.05) is 7.11 Å². The summed E-state index contributed by atoms with van der Waals surface area (Å²) in [4.78, 5) is 15.9. The maximum Gasteiger partial charge on any atom is 0.337 e. The van der Waals surface area contributed by atoms with Gasteiger partial charge in [-0.1, -0.05) is 30.3 Å². The lowest BCUT2D eigenvalue weighted by molar-refractivity contribution is 0.0601. The third-order valence-electron chi connectivity index (χ3n) is 2.86. The number of benzene rings is 1. The van der Waals surface area contributed by atoms with E-state index in [0.717, 1.165) is 0 Å². The number of nitrogens with zero attached hydrogens (tertiary/aromatic N) is 1. The molecule has 108 valence electrons. The van der Waals surface area contributed by atoms with Crippen LogP contribution in [-0.2, 0) is 4.74 Å². The molecule has 0 saturated heterocycles. The monoisotopic (exact) mass is 303 g/mol. The summed E-state index contributed by atoms with van der Waals surface area (Å²) in [6.07, 6.45) is 5.15. The molecule has 0 N–H and O–H groups in total. The van der Waals surface area contributed by atoms with Gasteiger partial charge in [0.2, 0.25) is 0 Å². The van der Waals surface area contributed by atoms with E-state index in [2.05, 4.69) is 16.3 Å². The Kier molecular flexibility index (Phi) is 4.60. The standard InChI is InChI=1S/C16H14ClNO3/c1-4-5-6-12-10(2)21-14-8-7-11(16(19)20-3)9-13(14)18-15(12)17/h4-9H,1H2,2-3H3/b6-5-. The van der Waals surface area contributed by atoms with Gasteiger partial charge in [0.25, 0.3) is 0 Å². The molecule has 1 aromatic rings. The summed E-state index contributed by atoms with van der Waals surface area (Å²) in [5.41, 5.74) is 1.52. The van der Waals surface area contributed by atoms with Crippen molar-refractivity contribution in [3.8, 4) is 5.75 Å². The fraction of sp³-hybridized carbons (Fsp3) is 0.125. The molecule has 4 nitrogen and oxygen atoms in total. The van der Waals surface area contributed by atoms with Gasteiger partial charge in [0.1, 0.15) is 16.6 Å². The molecule has 0 unspecified atom stereocenters. The van der Waals surface area contributed by atoms with Gasteiger partial charge >= 0.3 is 5.97 Å². The summed E-state index contributed by atoms with van der Waals surface area (Å²) >= 11 is 6.22. The molecule has 0 bridgehead atoms. The van der Waals surface area contributed by atoms with Crippen LogP contribution in [0.2, 0.25) is 0 Å². The van der Waals surface area contributed by atoms with Crippen molar-refractivity contribution in [2.24, 2.45) is 4.99 Å². The highest BCUT2D eigenvalue weighted by atomic mass is 35.5. The van der Waals surface area contributed by atoms with Crippen LogP contribution in [0, 0.1) is 0 Å². The zero-order chi connectivity index (χ0) is 15.4. The molecule has 0 spiro atoms. The van der Waals surface area contributed by atoms with E-state index < -0.39 is 5.97 Å². The van der Waals surface area contributed by atoms with E-state index >= 15 is 0 Å². The first-order valence-corrected chi connectivity index (χ1v) is 6.59. The second-order valence-electron chi connectivity index (χ2n) is 4.24. The van der Waals surface area contributed by atoms with Crippen LogP contribution in [0.4, 0.5) is 5.69 Å². The molecule has 1 aromatic carbocycles. The van der Waals surface area contributed by atoms with Gasteiger partial charge in [-0.3, -0.25) is 0 Å². The number of esters is 1. The normalized spacial score (nSPS) is 14.1. The van der Waals surface area contributed by atoms with Crippen molar-refractivity contribution in [3.63, 3.8) is 0 Å². The summed E-state index contributed by atoms with van der Waals surface area (Å²) in [5.74, 6) is 0.705. The first-order chi connectivity index (χ1) is 10.1. The Morgan fingerprint density at radius 3 is 2.90 bits per heavy atom. The summed E-state index contributed by atoms with van der Waals surface area (Å²) in [6.45, 7) is 5.41. The van der Waals surface area contributed by atoms with Crippen molar-refractivity contribution in [1.29, 1.82) is 0 Å². The van der Waals surface area contributed by atoms with Crippen molar-refractivity contribution in [2.45, 2.75) is 6.92 Å². The quantitative estimate of drug-likeness (QED) is 0.622. The van der Waals surface area contributed by atoms with E-state index in [1.165, 1.54) is 7.11 Å². The maximum atomic E-state index is 11.6. The van der Waals surface area contributed by atoms with Crippen LogP contribution in [0.3, 0.4) is 0 Å². The van der Waals surface area contributed by atoms with Crippen LogP contribution in [0.25, 0.3) is 0 Å². The highest BCUT2D eigenvalue weighted by Crippen LogP contribution is 2.35. The molecule has 21 heavy (non-hydrogen) atoms. The second-order valence-corrected chi connectivity index (χ2v) is 4.60. The molecule has 2 rings (SSSR count). The molecule has 0 saturated carbocycles. The summed E-state index contributed by atoms with van der Waals surface area (Å²) in [6, 6.07) is 4.86. The zero-order valence-corrected chi connectivity index (χ0v) is 12.5. The van der Waals surface area contributed by atoms with Crippen LogP contribution in [0.15, 0.2) is 59.3 Å². The number of aliphatic imine (C=N–C) groups is 1. The molecular formula is C16H14ClNO3. The Balaban J connectivity index is 2.49. The Labute approximate surface area is 128 Å². The number of rotatable bonds is 3. The van der Waals surface area contributed by atoms with Crippen molar-refractivity contribution in [3.05, 3.63) is 59.9 Å². The molecule has 0 aliphatic carbocycles. The number of halogens is 1. The Morgan fingerprint density at radius 1 is 1.48 bits per heavy atom. The summed E-state index contributed by atoms with van der Waals surface area (Å²) in [5, 5.41) is 0.284. The molecule has 0 amide bonds. The van der Waals surface area contributed by atoms with Crippen LogP contribution in [-0.4, -0.2) is 18.2 Å². The topological polar surface area (TPSA) is 47.9 Å². The average Bonchev–Trinajstić information content (AvgIpc) is 2.59.